The molecule has 0 fully saturated rings. The third-order valence-corrected chi connectivity index (χ3v) is 3.73. The standard InChI is InChI=1S/C16H12ClN5O5/c1-2-27-16-15(18-10-5-3-4-9(17)6-10)19-11-7-13(21(23)24)14(22(25)26)8-12(11)20-16/h3-8H,2H2,1H3,(H,18,19). The molecule has 3 rings (SSSR count). The van der Waals surface area contributed by atoms with Crippen molar-refractivity contribution in [3.8, 4) is 5.88 Å². The molecule has 27 heavy (non-hydrogen) atoms. The number of halogens is 1. The van der Waals surface area contributed by atoms with E-state index < -0.39 is 21.2 Å². The van der Waals surface area contributed by atoms with Crippen molar-refractivity contribution in [2.45, 2.75) is 6.92 Å². The number of nitro groups is 2. The summed E-state index contributed by atoms with van der Waals surface area (Å²) in [5.41, 5.74) is -0.513. The maximum atomic E-state index is 11.2. The van der Waals surface area contributed by atoms with E-state index in [0.717, 1.165) is 12.1 Å². The second-order valence-electron chi connectivity index (χ2n) is 5.29. The number of benzene rings is 2. The molecule has 0 atom stereocenters. The number of anilines is 2. The summed E-state index contributed by atoms with van der Waals surface area (Å²) in [6.45, 7) is 2.02. The Morgan fingerprint density at radius 1 is 1.07 bits per heavy atom. The average Bonchev–Trinajstić information content (AvgIpc) is 2.61. The summed E-state index contributed by atoms with van der Waals surface area (Å²) in [5, 5.41) is 25.8. The van der Waals surface area contributed by atoms with Crippen molar-refractivity contribution in [2.75, 3.05) is 11.9 Å². The first-order valence-electron chi connectivity index (χ1n) is 7.69. The quantitative estimate of drug-likeness (QED) is 0.488. The minimum absolute atomic E-state index is 0.104. The lowest BCUT2D eigenvalue weighted by Crippen LogP contribution is -2.04. The van der Waals surface area contributed by atoms with Crippen LogP contribution in [-0.2, 0) is 0 Å². The molecule has 0 aliphatic heterocycles. The third-order valence-electron chi connectivity index (χ3n) is 3.49. The molecule has 0 amide bonds. The Morgan fingerprint density at radius 2 is 1.70 bits per heavy atom. The van der Waals surface area contributed by atoms with Gasteiger partial charge in [0.1, 0.15) is 5.52 Å². The lowest BCUT2D eigenvalue weighted by atomic mass is 10.2. The smallest absolute Gasteiger partial charge is 0.348 e. The van der Waals surface area contributed by atoms with Gasteiger partial charge in [-0.05, 0) is 25.1 Å². The molecule has 1 N–H and O–H groups in total. The molecule has 0 aliphatic carbocycles. The van der Waals surface area contributed by atoms with E-state index in [9.17, 15) is 20.2 Å². The van der Waals surface area contributed by atoms with Crippen molar-refractivity contribution in [3.63, 3.8) is 0 Å². The van der Waals surface area contributed by atoms with Gasteiger partial charge in [-0.25, -0.2) is 9.97 Å². The fraction of sp³-hybridized carbons (Fsp3) is 0.125. The van der Waals surface area contributed by atoms with Gasteiger partial charge in [0.05, 0.1) is 34.1 Å². The molecular formula is C16H12ClN5O5. The summed E-state index contributed by atoms with van der Waals surface area (Å²) in [6.07, 6.45) is 0. The number of rotatable bonds is 6. The van der Waals surface area contributed by atoms with Crippen molar-refractivity contribution in [3.05, 3.63) is 61.6 Å². The fourth-order valence-electron chi connectivity index (χ4n) is 2.38. The molecule has 3 aromatic rings. The Morgan fingerprint density at radius 3 is 2.26 bits per heavy atom. The first kappa shape index (κ1) is 18.3. The maximum Gasteiger partial charge on any atom is 0.348 e. The van der Waals surface area contributed by atoms with Crippen LogP contribution >= 0.6 is 11.6 Å². The normalized spacial score (nSPS) is 10.6. The minimum atomic E-state index is -0.836. The van der Waals surface area contributed by atoms with Gasteiger partial charge in [0.25, 0.3) is 5.88 Å². The van der Waals surface area contributed by atoms with Crippen molar-refractivity contribution in [1.82, 2.24) is 9.97 Å². The van der Waals surface area contributed by atoms with Gasteiger partial charge in [-0.2, -0.15) is 0 Å². The van der Waals surface area contributed by atoms with Gasteiger partial charge in [-0.1, -0.05) is 17.7 Å². The van der Waals surface area contributed by atoms with Crippen LogP contribution in [0.5, 0.6) is 5.88 Å². The Kier molecular flexibility index (Phi) is 4.99. The monoisotopic (exact) mass is 389 g/mol. The molecule has 0 unspecified atom stereocenters. The predicted molar refractivity (Wildman–Crippen MR) is 98.8 cm³/mol. The molecule has 0 radical (unpaired) electrons. The van der Waals surface area contributed by atoms with Crippen LogP contribution in [0.3, 0.4) is 0 Å². The van der Waals surface area contributed by atoms with E-state index in [2.05, 4.69) is 15.3 Å². The number of nitrogens with one attached hydrogen (secondary N) is 1. The topological polar surface area (TPSA) is 133 Å². The Bertz CT molecular complexity index is 1060. The molecule has 10 nitrogen and oxygen atoms in total. The van der Waals surface area contributed by atoms with E-state index in [-0.39, 0.29) is 29.3 Å². The van der Waals surface area contributed by atoms with Gasteiger partial charge in [0, 0.05) is 10.7 Å². The molecule has 0 saturated carbocycles. The second-order valence-corrected chi connectivity index (χ2v) is 5.73. The van der Waals surface area contributed by atoms with Crippen molar-refractivity contribution < 1.29 is 14.6 Å². The SMILES string of the molecule is CCOc1nc2cc([N+](=O)[O-])c([N+](=O)[O-])cc2nc1Nc1cccc(Cl)c1. The Hall–Kier alpha value is -3.53. The number of ether oxygens (including phenoxy) is 1. The van der Waals surface area contributed by atoms with Crippen LogP contribution in [0.2, 0.25) is 5.02 Å². The van der Waals surface area contributed by atoms with Gasteiger partial charge in [0.2, 0.25) is 0 Å². The highest BCUT2D eigenvalue weighted by molar-refractivity contribution is 6.30. The van der Waals surface area contributed by atoms with Gasteiger partial charge >= 0.3 is 11.4 Å². The number of hydrogen-bond acceptors (Lipinski definition) is 8. The molecule has 0 bridgehead atoms. The van der Waals surface area contributed by atoms with Gasteiger partial charge in [0.15, 0.2) is 5.82 Å². The van der Waals surface area contributed by atoms with Gasteiger partial charge < -0.3 is 10.1 Å². The van der Waals surface area contributed by atoms with Crippen LogP contribution in [-0.4, -0.2) is 26.4 Å². The molecule has 0 spiro atoms. The highest BCUT2D eigenvalue weighted by Crippen LogP contribution is 2.34. The third kappa shape index (κ3) is 3.85. The summed E-state index contributed by atoms with van der Waals surface area (Å²) in [7, 11) is 0. The van der Waals surface area contributed by atoms with Crippen LogP contribution < -0.4 is 10.1 Å². The fourth-order valence-corrected chi connectivity index (χ4v) is 2.57. The predicted octanol–water partition coefficient (Wildman–Crippen LogP) is 4.24. The van der Waals surface area contributed by atoms with Gasteiger partial charge in [-0.15, -0.1) is 0 Å². The number of nitrogens with zero attached hydrogens (tertiary/aromatic N) is 4. The van der Waals surface area contributed by atoms with Crippen LogP contribution in [0, 0.1) is 20.2 Å². The molecule has 1 heterocycles. The summed E-state index contributed by atoms with van der Waals surface area (Å²) in [6, 6.07) is 8.84. The number of hydrogen-bond donors (Lipinski definition) is 1. The Balaban J connectivity index is 2.17. The minimum Gasteiger partial charge on any atom is -0.475 e. The number of nitro benzene ring substituents is 2. The summed E-state index contributed by atoms with van der Waals surface area (Å²) in [5.74, 6) is 0.308. The first-order valence-corrected chi connectivity index (χ1v) is 8.06. The number of fused-ring (bicyclic) bond motifs is 1. The van der Waals surface area contributed by atoms with E-state index in [0.29, 0.717) is 10.7 Å². The molecular weight excluding hydrogens is 378 g/mol. The molecule has 1 aromatic heterocycles. The summed E-state index contributed by atoms with van der Waals surface area (Å²) in [4.78, 5) is 29.1. The molecule has 2 aromatic carbocycles. The largest absolute Gasteiger partial charge is 0.475 e. The molecule has 138 valence electrons. The highest BCUT2D eigenvalue weighted by Gasteiger charge is 2.26. The molecule has 11 heteroatoms. The van der Waals surface area contributed by atoms with E-state index in [4.69, 9.17) is 16.3 Å². The van der Waals surface area contributed by atoms with Crippen molar-refractivity contribution in [1.29, 1.82) is 0 Å². The van der Waals surface area contributed by atoms with E-state index in [1.807, 2.05) is 0 Å². The maximum absolute atomic E-state index is 11.2. The second kappa shape index (κ2) is 7.38. The van der Waals surface area contributed by atoms with E-state index >= 15 is 0 Å². The lowest BCUT2D eigenvalue weighted by molar-refractivity contribution is -0.422. The van der Waals surface area contributed by atoms with Crippen LogP contribution in [0.25, 0.3) is 11.0 Å². The zero-order chi connectivity index (χ0) is 19.6. The zero-order valence-corrected chi connectivity index (χ0v) is 14.6. The zero-order valence-electron chi connectivity index (χ0n) is 13.9. The molecule has 0 saturated heterocycles. The van der Waals surface area contributed by atoms with E-state index in [1.54, 1.807) is 31.2 Å². The van der Waals surface area contributed by atoms with Crippen LogP contribution in [0.4, 0.5) is 22.9 Å². The van der Waals surface area contributed by atoms with Crippen molar-refractivity contribution in [2.24, 2.45) is 0 Å². The highest BCUT2D eigenvalue weighted by atomic mass is 35.5. The average molecular weight is 390 g/mol. The van der Waals surface area contributed by atoms with Gasteiger partial charge in [-0.3, -0.25) is 20.2 Å². The van der Waals surface area contributed by atoms with Crippen LogP contribution in [0.1, 0.15) is 6.92 Å². The first-order chi connectivity index (χ1) is 12.9. The summed E-state index contributed by atoms with van der Waals surface area (Å²) >= 11 is 5.96. The molecule has 0 aliphatic rings. The van der Waals surface area contributed by atoms with Crippen molar-refractivity contribution >= 4 is 45.5 Å². The van der Waals surface area contributed by atoms with Crippen LogP contribution in [0.15, 0.2) is 36.4 Å². The number of aromatic nitrogens is 2. The Labute approximate surface area is 157 Å². The summed E-state index contributed by atoms with van der Waals surface area (Å²) < 4.78 is 5.45. The van der Waals surface area contributed by atoms with E-state index in [1.165, 1.54) is 0 Å². The lowest BCUT2D eigenvalue weighted by Gasteiger charge is -2.12.